The number of nitrogens with zero attached hydrogens (tertiary/aromatic N) is 3. The molecule has 1 unspecified atom stereocenters. The Morgan fingerprint density at radius 2 is 2.08 bits per heavy atom. The van der Waals surface area contributed by atoms with Crippen molar-refractivity contribution in [2.75, 3.05) is 5.32 Å². The lowest BCUT2D eigenvalue weighted by Crippen LogP contribution is -2.04. The number of hydrogen-bond donors (Lipinski definition) is 1. The molecular weight excluding hydrogens is 351 g/mol. The molecule has 3 aromatic heterocycles. The first-order valence-corrected chi connectivity index (χ1v) is 8.90. The Bertz CT molecular complexity index is 1040. The van der Waals surface area contributed by atoms with E-state index in [0.29, 0.717) is 17.4 Å². The van der Waals surface area contributed by atoms with Gasteiger partial charge in [-0.05, 0) is 35.7 Å². The molecule has 0 aliphatic rings. The van der Waals surface area contributed by atoms with E-state index in [-0.39, 0.29) is 0 Å². The van der Waals surface area contributed by atoms with Gasteiger partial charge >= 0.3 is 0 Å². The van der Waals surface area contributed by atoms with E-state index in [1.807, 2.05) is 29.6 Å². The maximum absolute atomic E-state index is 13.1. The Morgan fingerprint density at radius 1 is 1.15 bits per heavy atom. The lowest BCUT2D eigenvalue weighted by molar-refractivity contribution is 0.0861. The van der Waals surface area contributed by atoms with Gasteiger partial charge in [-0.1, -0.05) is 6.07 Å². The van der Waals surface area contributed by atoms with Crippen LogP contribution in [0.1, 0.15) is 6.92 Å². The van der Waals surface area contributed by atoms with E-state index in [9.17, 15) is 4.39 Å². The number of fused-ring (bicyclic) bond motifs is 1. The monoisotopic (exact) mass is 366 g/mol. The highest BCUT2D eigenvalue weighted by Gasteiger charge is 2.11. The number of anilines is 2. The second kappa shape index (κ2) is 7.05. The zero-order valence-electron chi connectivity index (χ0n) is 13.9. The van der Waals surface area contributed by atoms with Gasteiger partial charge in [0.1, 0.15) is 16.4 Å². The fraction of sp³-hybridized carbons (Fsp3) is 0.105. The third-order valence-corrected chi connectivity index (χ3v) is 4.45. The van der Waals surface area contributed by atoms with E-state index in [4.69, 9.17) is 4.74 Å². The van der Waals surface area contributed by atoms with Gasteiger partial charge in [-0.15, -0.1) is 11.3 Å². The van der Waals surface area contributed by atoms with E-state index < -0.39 is 6.36 Å². The fourth-order valence-corrected chi connectivity index (χ4v) is 3.31. The third-order valence-electron chi connectivity index (χ3n) is 3.64. The van der Waals surface area contributed by atoms with Gasteiger partial charge in [-0.2, -0.15) is 0 Å². The first-order chi connectivity index (χ1) is 12.7. The van der Waals surface area contributed by atoms with Gasteiger partial charge in [-0.25, -0.2) is 14.4 Å². The van der Waals surface area contributed by atoms with Gasteiger partial charge in [0.2, 0.25) is 6.36 Å². The SMILES string of the molecule is CC(F)Oc1cccc(Nc2nc(-c3cccnc3)nc3sccc23)c1. The molecule has 5 nitrogen and oxygen atoms in total. The number of pyridine rings is 1. The zero-order valence-corrected chi connectivity index (χ0v) is 14.7. The second-order valence-corrected chi connectivity index (χ2v) is 6.49. The Hall–Kier alpha value is -3.06. The highest BCUT2D eigenvalue weighted by Crippen LogP contribution is 2.31. The molecule has 0 saturated heterocycles. The van der Waals surface area contributed by atoms with Crippen molar-refractivity contribution in [1.29, 1.82) is 0 Å². The summed E-state index contributed by atoms with van der Waals surface area (Å²) in [6, 6.07) is 12.9. The molecule has 1 N–H and O–H groups in total. The molecule has 0 saturated carbocycles. The number of hydrogen-bond acceptors (Lipinski definition) is 6. The van der Waals surface area contributed by atoms with E-state index in [1.165, 1.54) is 6.92 Å². The highest BCUT2D eigenvalue weighted by molar-refractivity contribution is 7.16. The van der Waals surface area contributed by atoms with E-state index in [0.717, 1.165) is 21.5 Å². The minimum atomic E-state index is -1.37. The normalized spacial score (nSPS) is 12.1. The maximum Gasteiger partial charge on any atom is 0.235 e. The van der Waals surface area contributed by atoms with Crippen LogP contribution in [0.3, 0.4) is 0 Å². The summed E-state index contributed by atoms with van der Waals surface area (Å²) in [6.07, 6.45) is 2.07. The molecule has 130 valence electrons. The van der Waals surface area contributed by atoms with E-state index in [1.54, 1.807) is 41.9 Å². The van der Waals surface area contributed by atoms with Gasteiger partial charge in [0, 0.05) is 36.6 Å². The molecule has 0 amide bonds. The van der Waals surface area contributed by atoms with Crippen LogP contribution >= 0.6 is 11.3 Å². The van der Waals surface area contributed by atoms with Crippen molar-refractivity contribution >= 4 is 33.1 Å². The molecule has 0 aliphatic heterocycles. The smallest absolute Gasteiger partial charge is 0.235 e. The predicted octanol–water partition coefficient (Wildman–Crippen LogP) is 5.19. The summed E-state index contributed by atoms with van der Waals surface area (Å²) in [5.41, 5.74) is 1.60. The molecule has 0 fully saturated rings. The van der Waals surface area contributed by atoms with Crippen LogP contribution < -0.4 is 10.1 Å². The number of ether oxygens (including phenoxy) is 1. The minimum absolute atomic E-state index is 0.452. The Labute approximate surface area is 153 Å². The summed E-state index contributed by atoms with van der Waals surface area (Å²) in [4.78, 5) is 14.3. The minimum Gasteiger partial charge on any atom is -0.461 e. The highest BCUT2D eigenvalue weighted by atomic mass is 32.1. The summed E-state index contributed by atoms with van der Waals surface area (Å²) in [5.74, 6) is 1.73. The van der Waals surface area contributed by atoms with Crippen LogP contribution in [-0.2, 0) is 0 Å². The number of nitrogens with one attached hydrogen (secondary N) is 1. The Morgan fingerprint density at radius 3 is 2.88 bits per heavy atom. The number of alkyl halides is 1. The van der Waals surface area contributed by atoms with Gasteiger partial charge in [-0.3, -0.25) is 4.98 Å². The number of aromatic nitrogens is 3. The fourth-order valence-electron chi connectivity index (χ4n) is 2.55. The summed E-state index contributed by atoms with van der Waals surface area (Å²) in [6.45, 7) is 1.35. The Kier molecular flexibility index (Phi) is 4.45. The molecule has 1 aromatic carbocycles. The molecule has 0 aliphatic carbocycles. The lowest BCUT2D eigenvalue weighted by Gasteiger charge is -2.11. The van der Waals surface area contributed by atoms with Crippen LogP contribution in [-0.4, -0.2) is 21.3 Å². The molecule has 4 aromatic rings. The van der Waals surface area contributed by atoms with Crippen molar-refractivity contribution in [3.8, 4) is 17.1 Å². The van der Waals surface area contributed by atoms with Gasteiger partial charge in [0.15, 0.2) is 5.82 Å². The first-order valence-electron chi connectivity index (χ1n) is 8.02. The quantitative estimate of drug-likeness (QED) is 0.527. The molecule has 0 bridgehead atoms. The van der Waals surface area contributed by atoms with Crippen molar-refractivity contribution in [1.82, 2.24) is 15.0 Å². The van der Waals surface area contributed by atoms with Crippen LogP contribution in [0.25, 0.3) is 21.6 Å². The molecule has 4 rings (SSSR count). The second-order valence-electron chi connectivity index (χ2n) is 5.59. The Balaban J connectivity index is 1.73. The van der Waals surface area contributed by atoms with Crippen molar-refractivity contribution in [2.45, 2.75) is 13.3 Å². The topological polar surface area (TPSA) is 59.9 Å². The van der Waals surface area contributed by atoms with Gasteiger partial charge in [0.25, 0.3) is 0 Å². The summed E-state index contributed by atoms with van der Waals surface area (Å²) < 4.78 is 18.2. The van der Waals surface area contributed by atoms with E-state index >= 15 is 0 Å². The maximum atomic E-state index is 13.1. The van der Waals surface area contributed by atoms with Crippen LogP contribution in [0.4, 0.5) is 15.9 Å². The van der Waals surface area contributed by atoms with Crippen molar-refractivity contribution in [3.05, 3.63) is 60.2 Å². The number of benzene rings is 1. The average Bonchev–Trinajstić information content (AvgIpc) is 3.11. The molecule has 26 heavy (non-hydrogen) atoms. The average molecular weight is 366 g/mol. The van der Waals surface area contributed by atoms with Crippen LogP contribution in [0.5, 0.6) is 5.75 Å². The standard InChI is InChI=1S/C19H15FN4OS/c1-12(20)25-15-6-2-5-14(10-15)22-18-16-7-9-26-19(16)24-17(23-18)13-4-3-8-21-11-13/h2-12H,1H3,(H,22,23,24). The van der Waals surface area contributed by atoms with Gasteiger partial charge in [0.05, 0.1) is 5.39 Å². The van der Waals surface area contributed by atoms with Crippen LogP contribution in [0, 0.1) is 0 Å². The third kappa shape index (κ3) is 3.48. The summed E-state index contributed by atoms with van der Waals surface area (Å²) in [7, 11) is 0. The summed E-state index contributed by atoms with van der Waals surface area (Å²) in [5, 5.41) is 6.19. The summed E-state index contributed by atoms with van der Waals surface area (Å²) >= 11 is 1.55. The lowest BCUT2D eigenvalue weighted by atomic mass is 10.2. The van der Waals surface area contributed by atoms with Crippen LogP contribution in [0.2, 0.25) is 0 Å². The number of halogens is 1. The molecule has 0 radical (unpaired) electrons. The molecular formula is C19H15FN4OS. The van der Waals surface area contributed by atoms with Crippen molar-refractivity contribution in [2.24, 2.45) is 0 Å². The zero-order chi connectivity index (χ0) is 17.9. The van der Waals surface area contributed by atoms with Crippen molar-refractivity contribution < 1.29 is 9.13 Å². The molecule has 0 spiro atoms. The van der Waals surface area contributed by atoms with E-state index in [2.05, 4.69) is 20.3 Å². The molecule has 7 heteroatoms. The first kappa shape index (κ1) is 16.4. The van der Waals surface area contributed by atoms with Crippen LogP contribution in [0.15, 0.2) is 60.2 Å². The van der Waals surface area contributed by atoms with Crippen molar-refractivity contribution in [3.63, 3.8) is 0 Å². The molecule has 3 heterocycles. The largest absolute Gasteiger partial charge is 0.461 e. The van der Waals surface area contributed by atoms with Gasteiger partial charge < -0.3 is 10.1 Å². The number of thiophene rings is 1. The number of rotatable bonds is 5. The predicted molar refractivity (Wildman–Crippen MR) is 102 cm³/mol. The molecule has 1 atom stereocenters.